The standard InChI is InChI=1S/C18H23NO3.ClH/c1-4-13(3)19-12-16-10-11-17(22-16)14-6-8-15(9-7-14)18(20)21-5-2;/h6-11,13,19H,4-5,12H2,1-3H3;1H. The summed E-state index contributed by atoms with van der Waals surface area (Å²) in [6.07, 6.45) is 1.09. The molecule has 0 fully saturated rings. The number of carbonyl (C=O) groups excluding carboxylic acids is 1. The van der Waals surface area contributed by atoms with Crippen molar-refractivity contribution in [2.24, 2.45) is 0 Å². The SMILES string of the molecule is CCOC(=O)c1ccc(-c2ccc(CNC(C)CC)o2)cc1.Cl. The summed E-state index contributed by atoms with van der Waals surface area (Å²) in [5, 5.41) is 3.40. The molecule has 0 radical (unpaired) electrons. The van der Waals surface area contributed by atoms with Gasteiger partial charge in [-0.2, -0.15) is 0 Å². The molecule has 0 saturated carbocycles. The topological polar surface area (TPSA) is 51.5 Å². The average Bonchev–Trinajstić information content (AvgIpc) is 3.02. The molecule has 2 rings (SSSR count). The van der Waals surface area contributed by atoms with Crippen LogP contribution in [0.15, 0.2) is 40.8 Å². The number of halogens is 1. The third-order valence-electron chi connectivity index (χ3n) is 3.58. The van der Waals surface area contributed by atoms with Crippen LogP contribution in [0.2, 0.25) is 0 Å². The van der Waals surface area contributed by atoms with Crippen molar-refractivity contribution in [2.45, 2.75) is 39.8 Å². The molecular weight excluding hydrogens is 314 g/mol. The van der Waals surface area contributed by atoms with Gasteiger partial charge in [0.05, 0.1) is 18.7 Å². The molecule has 0 aliphatic heterocycles. The van der Waals surface area contributed by atoms with Gasteiger partial charge in [0.15, 0.2) is 0 Å². The lowest BCUT2D eigenvalue weighted by atomic mass is 10.1. The summed E-state index contributed by atoms with van der Waals surface area (Å²) in [6, 6.07) is 11.7. The van der Waals surface area contributed by atoms with E-state index >= 15 is 0 Å². The van der Waals surface area contributed by atoms with Crippen molar-refractivity contribution < 1.29 is 13.9 Å². The molecule has 1 aromatic carbocycles. The Morgan fingerprint density at radius 3 is 2.48 bits per heavy atom. The highest BCUT2D eigenvalue weighted by Crippen LogP contribution is 2.23. The highest BCUT2D eigenvalue weighted by Gasteiger charge is 2.09. The molecule has 0 aliphatic carbocycles. The number of esters is 1. The fraction of sp³-hybridized carbons (Fsp3) is 0.389. The summed E-state index contributed by atoms with van der Waals surface area (Å²) < 4.78 is 10.8. The van der Waals surface area contributed by atoms with E-state index in [4.69, 9.17) is 9.15 Å². The molecule has 1 unspecified atom stereocenters. The van der Waals surface area contributed by atoms with Crippen molar-refractivity contribution in [1.29, 1.82) is 0 Å². The lowest BCUT2D eigenvalue weighted by Gasteiger charge is -2.09. The summed E-state index contributed by atoms with van der Waals surface area (Å²) in [4.78, 5) is 11.6. The molecule has 1 heterocycles. The molecule has 0 spiro atoms. The second-order valence-corrected chi connectivity index (χ2v) is 5.25. The molecule has 0 bridgehead atoms. The van der Waals surface area contributed by atoms with Crippen LogP contribution in [0.3, 0.4) is 0 Å². The van der Waals surface area contributed by atoms with Crippen LogP contribution in [0, 0.1) is 0 Å². The van der Waals surface area contributed by atoms with E-state index in [0.29, 0.717) is 18.2 Å². The summed E-state index contributed by atoms with van der Waals surface area (Å²) in [6.45, 7) is 7.19. The molecular formula is C18H24ClNO3. The van der Waals surface area contributed by atoms with Crippen molar-refractivity contribution in [1.82, 2.24) is 5.32 Å². The largest absolute Gasteiger partial charge is 0.462 e. The summed E-state index contributed by atoms with van der Waals surface area (Å²) in [7, 11) is 0. The molecule has 0 aliphatic rings. The van der Waals surface area contributed by atoms with Crippen molar-refractivity contribution >= 4 is 18.4 Å². The van der Waals surface area contributed by atoms with Crippen LogP contribution in [0.4, 0.5) is 0 Å². The van der Waals surface area contributed by atoms with E-state index in [0.717, 1.165) is 30.0 Å². The summed E-state index contributed by atoms with van der Waals surface area (Å²) in [5.41, 5.74) is 1.50. The molecule has 0 saturated heterocycles. The van der Waals surface area contributed by atoms with Crippen LogP contribution >= 0.6 is 12.4 Å². The fourth-order valence-electron chi connectivity index (χ4n) is 2.03. The van der Waals surface area contributed by atoms with Gasteiger partial charge in [-0.3, -0.25) is 0 Å². The minimum Gasteiger partial charge on any atom is -0.462 e. The zero-order valence-corrected chi connectivity index (χ0v) is 14.6. The number of furan rings is 1. The van der Waals surface area contributed by atoms with Gasteiger partial charge in [-0.1, -0.05) is 19.1 Å². The number of benzene rings is 1. The predicted molar refractivity (Wildman–Crippen MR) is 93.9 cm³/mol. The molecule has 126 valence electrons. The van der Waals surface area contributed by atoms with Crippen LogP contribution < -0.4 is 5.32 Å². The Hall–Kier alpha value is -1.78. The smallest absolute Gasteiger partial charge is 0.338 e. The molecule has 23 heavy (non-hydrogen) atoms. The molecule has 5 heteroatoms. The van der Waals surface area contributed by atoms with Gasteiger partial charge >= 0.3 is 5.97 Å². The Morgan fingerprint density at radius 2 is 1.87 bits per heavy atom. The first kappa shape index (κ1) is 19.3. The monoisotopic (exact) mass is 337 g/mol. The first-order valence-electron chi connectivity index (χ1n) is 7.73. The maximum absolute atomic E-state index is 11.6. The number of rotatable bonds is 7. The van der Waals surface area contributed by atoms with E-state index < -0.39 is 0 Å². The van der Waals surface area contributed by atoms with E-state index in [2.05, 4.69) is 19.2 Å². The number of hydrogen-bond donors (Lipinski definition) is 1. The Balaban J connectivity index is 0.00000264. The van der Waals surface area contributed by atoms with Gasteiger partial charge in [0.1, 0.15) is 11.5 Å². The number of nitrogens with one attached hydrogen (secondary N) is 1. The van der Waals surface area contributed by atoms with Crippen molar-refractivity contribution in [2.75, 3.05) is 6.61 Å². The molecule has 1 atom stereocenters. The lowest BCUT2D eigenvalue weighted by molar-refractivity contribution is 0.0526. The van der Waals surface area contributed by atoms with E-state index in [9.17, 15) is 4.79 Å². The average molecular weight is 338 g/mol. The van der Waals surface area contributed by atoms with Crippen molar-refractivity contribution in [3.05, 3.63) is 47.7 Å². The minimum absolute atomic E-state index is 0. The van der Waals surface area contributed by atoms with Crippen LogP contribution in [0.1, 0.15) is 43.3 Å². The third kappa shape index (κ3) is 5.41. The maximum Gasteiger partial charge on any atom is 0.338 e. The fourth-order valence-corrected chi connectivity index (χ4v) is 2.03. The Labute approximate surface area is 143 Å². The van der Waals surface area contributed by atoms with Gasteiger partial charge in [-0.05, 0) is 44.5 Å². The predicted octanol–water partition coefficient (Wildman–Crippen LogP) is 4.43. The number of ether oxygens (including phenoxy) is 1. The Bertz CT molecular complexity index is 607. The maximum atomic E-state index is 11.6. The zero-order chi connectivity index (χ0) is 15.9. The molecule has 4 nitrogen and oxygen atoms in total. The van der Waals surface area contributed by atoms with Crippen LogP contribution in [-0.2, 0) is 11.3 Å². The quantitative estimate of drug-likeness (QED) is 0.759. The van der Waals surface area contributed by atoms with Gasteiger partial charge in [0.25, 0.3) is 0 Å². The highest BCUT2D eigenvalue weighted by atomic mass is 35.5. The molecule has 1 N–H and O–H groups in total. The normalized spacial score (nSPS) is 11.6. The van der Waals surface area contributed by atoms with Crippen LogP contribution in [0.5, 0.6) is 0 Å². The van der Waals surface area contributed by atoms with E-state index in [1.54, 1.807) is 19.1 Å². The van der Waals surface area contributed by atoms with Crippen molar-refractivity contribution in [3.8, 4) is 11.3 Å². The summed E-state index contributed by atoms with van der Waals surface area (Å²) in [5.74, 6) is 1.41. The molecule has 1 aromatic heterocycles. The van der Waals surface area contributed by atoms with Gasteiger partial charge in [-0.25, -0.2) is 4.79 Å². The van der Waals surface area contributed by atoms with Crippen LogP contribution in [-0.4, -0.2) is 18.6 Å². The first-order chi connectivity index (χ1) is 10.6. The number of hydrogen-bond acceptors (Lipinski definition) is 4. The van der Waals surface area contributed by atoms with Gasteiger partial charge in [0, 0.05) is 11.6 Å². The second kappa shape index (κ2) is 9.38. The first-order valence-corrected chi connectivity index (χ1v) is 7.73. The molecule has 0 amide bonds. The van der Waals surface area contributed by atoms with E-state index in [-0.39, 0.29) is 18.4 Å². The molecule has 2 aromatic rings. The Kier molecular flexibility index (Phi) is 7.86. The summed E-state index contributed by atoms with van der Waals surface area (Å²) >= 11 is 0. The number of carbonyl (C=O) groups is 1. The van der Waals surface area contributed by atoms with E-state index in [1.165, 1.54) is 0 Å². The third-order valence-corrected chi connectivity index (χ3v) is 3.58. The second-order valence-electron chi connectivity index (χ2n) is 5.25. The lowest BCUT2D eigenvalue weighted by Crippen LogP contribution is -2.24. The van der Waals surface area contributed by atoms with Gasteiger partial charge < -0.3 is 14.5 Å². The van der Waals surface area contributed by atoms with Crippen LogP contribution in [0.25, 0.3) is 11.3 Å². The van der Waals surface area contributed by atoms with E-state index in [1.807, 2.05) is 24.3 Å². The van der Waals surface area contributed by atoms with Crippen molar-refractivity contribution in [3.63, 3.8) is 0 Å². The zero-order valence-electron chi connectivity index (χ0n) is 13.8. The van der Waals surface area contributed by atoms with Gasteiger partial charge in [0.2, 0.25) is 0 Å². The minimum atomic E-state index is -0.299. The Morgan fingerprint density at radius 1 is 1.17 bits per heavy atom. The van der Waals surface area contributed by atoms with Gasteiger partial charge in [-0.15, -0.1) is 12.4 Å². The highest BCUT2D eigenvalue weighted by molar-refractivity contribution is 5.89.